The predicted octanol–water partition coefficient (Wildman–Crippen LogP) is 4.88. The number of thioether (sulfide) groups is 1. The molecule has 0 fully saturated rings. The van der Waals surface area contributed by atoms with E-state index in [-0.39, 0.29) is 0 Å². The van der Waals surface area contributed by atoms with E-state index in [1.54, 1.807) is 29.4 Å². The molecule has 26 heavy (non-hydrogen) atoms. The van der Waals surface area contributed by atoms with E-state index in [9.17, 15) is 0 Å². The van der Waals surface area contributed by atoms with Gasteiger partial charge in [0.25, 0.3) is 0 Å². The molecule has 0 amide bonds. The smallest absolute Gasteiger partial charge is 0.200 e. The highest BCUT2D eigenvalue weighted by Crippen LogP contribution is 2.28. The Labute approximate surface area is 159 Å². The highest BCUT2D eigenvalue weighted by molar-refractivity contribution is 7.98. The minimum absolute atomic E-state index is 0.713. The first-order valence-electron chi connectivity index (χ1n) is 8.03. The quantitative estimate of drug-likeness (QED) is 0.479. The number of thiazole rings is 1. The second kappa shape index (κ2) is 7.35. The summed E-state index contributed by atoms with van der Waals surface area (Å²) in [4.78, 5) is 4.64. The van der Waals surface area contributed by atoms with Gasteiger partial charge in [0.15, 0.2) is 21.9 Å². The lowest BCUT2D eigenvalue weighted by Crippen LogP contribution is -1.94. The molecule has 0 aliphatic heterocycles. The zero-order valence-corrected chi connectivity index (χ0v) is 16.0. The third kappa shape index (κ3) is 3.66. The van der Waals surface area contributed by atoms with Crippen LogP contribution in [-0.2, 0) is 12.8 Å². The van der Waals surface area contributed by atoms with E-state index in [1.807, 2.05) is 23.7 Å². The van der Waals surface area contributed by atoms with Gasteiger partial charge in [0.1, 0.15) is 0 Å². The van der Waals surface area contributed by atoms with Crippen LogP contribution in [0.3, 0.4) is 0 Å². The number of hydrogen-bond acceptors (Lipinski definition) is 7. The van der Waals surface area contributed by atoms with Gasteiger partial charge >= 0.3 is 0 Å². The van der Waals surface area contributed by atoms with Gasteiger partial charge in [-0.2, -0.15) is 0 Å². The summed E-state index contributed by atoms with van der Waals surface area (Å²) in [6, 6.07) is 12.0. The van der Waals surface area contributed by atoms with Gasteiger partial charge in [-0.05, 0) is 31.2 Å². The first kappa shape index (κ1) is 16.9. The van der Waals surface area contributed by atoms with Crippen molar-refractivity contribution in [3.63, 3.8) is 0 Å². The standard InChI is InChI=1S/C18H17N5OS2/c1-12-5-7-13(8-6-12)19-17-20-14(10-25-17)11-26-18-22-21-16(23(18)2)15-4-3-9-24-15/h3-10H,11H2,1-2H3,(H,19,20). The van der Waals surface area contributed by atoms with Gasteiger partial charge in [0, 0.05) is 23.9 Å². The van der Waals surface area contributed by atoms with E-state index >= 15 is 0 Å². The highest BCUT2D eigenvalue weighted by Gasteiger charge is 2.14. The second-order valence-corrected chi connectivity index (χ2v) is 7.57. The molecule has 0 bridgehead atoms. The number of furan rings is 1. The van der Waals surface area contributed by atoms with Crippen LogP contribution in [0.5, 0.6) is 0 Å². The summed E-state index contributed by atoms with van der Waals surface area (Å²) in [6.45, 7) is 2.08. The Morgan fingerprint density at radius 3 is 2.81 bits per heavy atom. The number of anilines is 2. The summed E-state index contributed by atoms with van der Waals surface area (Å²) in [5.41, 5.74) is 3.29. The lowest BCUT2D eigenvalue weighted by molar-refractivity contribution is 0.572. The van der Waals surface area contributed by atoms with Gasteiger partial charge in [-0.3, -0.25) is 0 Å². The fraction of sp³-hybridized carbons (Fsp3) is 0.167. The van der Waals surface area contributed by atoms with E-state index in [0.29, 0.717) is 5.76 Å². The zero-order chi connectivity index (χ0) is 17.9. The van der Waals surface area contributed by atoms with Crippen molar-refractivity contribution in [2.75, 3.05) is 5.32 Å². The fourth-order valence-corrected chi connectivity index (χ4v) is 4.03. The third-order valence-electron chi connectivity index (χ3n) is 3.78. The number of nitrogens with one attached hydrogen (secondary N) is 1. The van der Waals surface area contributed by atoms with E-state index in [0.717, 1.165) is 33.2 Å². The normalized spacial score (nSPS) is 11.0. The molecule has 132 valence electrons. The van der Waals surface area contributed by atoms with Gasteiger partial charge in [0.2, 0.25) is 0 Å². The molecule has 6 nitrogen and oxygen atoms in total. The maximum absolute atomic E-state index is 5.39. The van der Waals surface area contributed by atoms with Crippen LogP contribution in [0.25, 0.3) is 11.6 Å². The summed E-state index contributed by atoms with van der Waals surface area (Å²) >= 11 is 3.20. The molecular formula is C18H17N5OS2. The largest absolute Gasteiger partial charge is 0.461 e. The maximum atomic E-state index is 5.39. The summed E-state index contributed by atoms with van der Waals surface area (Å²) in [7, 11) is 1.94. The van der Waals surface area contributed by atoms with E-state index in [2.05, 4.69) is 57.1 Å². The molecule has 4 aromatic rings. The van der Waals surface area contributed by atoms with E-state index in [1.165, 1.54) is 5.56 Å². The summed E-state index contributed by atoms with van der Waals surface area (Å²) in [5, 5.41) is 15.6. The van der Waals surface area contributed by atoms with Crippen LogP contribution in [0, 0.1) is 6.92 Å². The van der Waals surface area contributed by atoms with Gasteiger partial charge in [-0.25, -0.2) is 4.98 Å². The molecule has 0 spiro atoms. The Kier molecular flexibility index (Phi) is 4.77. The highest BCUT2D eigenvalue weighted by atomic mass is 32.2. The topological polar surface area (TPSA) is 68.8 Å². The van der Waals surface area contributed by atoms with Crippen molar-refractivity contribution in [1.82, 2.24) is 19.7 Å². The van der Waals surface area contributed by atoms with Crippen LogP contribution in [-0.4, -0.2) is 19.7 Å². The summed E-state index contributed by atoms with van der Waals surface area (Å²) < 4.78 is 7.32. The molecule has 1 N–H and O–H groups in total. The molecule has 0 unspecified atom stereocenters. The number of rotatable bonds is 6. The number of nitrogens with zero attached hydrogens (tertiary/aromatic N) is 4. The van der Waals surface area contributed by atoms with Crippen LogP contribution in [0.15, 0.2) is 57.6 Å². The van der Waals surface area contributed by atoms with Crippen LogP contribution in [0.4, 0.5) is 10.8 Å². The van der Waals surface area contributed by atoms with Crippen LogP contribution < -0.4 is 5.32 Å². The van der Waals surface area contributed by atoms with Crippen molar-refractivity contribution in [2.24, 2.45) is 7.05 Å². The maximum Gasteiger partial charge on any atom is 0.200 e. The molecule has 0 aliphatic carbocycles. The minimum Gasteiger partial charge on any atom is -0.461 e. The lowest BCUT2D eigenvalue weighted by atomic mass is 10.2. The third-order valence-corrected chi connectivity index (χ3v) is 5.64. The Bertz CT molecular complexity index is 989. The van der Waals surface area contributed by atoms with Crippen molar-refractivity contribution in [1.29, 1.82) is 0 Å². The lowest BCUT2D eigenvalue weighted by Gasteiger charge is -2.02. The molecule has 4 rings (SSSR count). The Morgan fingerprint density at radius 2 is 2.04 bits per heavy atom. The monoisotopic (exact) mass is 383 g/mol. The zero-order valence-electron chi connectivity index (χ0n) is 14.3. The number of aryl methyl sites for hydroxylation is 1. The molecule has 0 saturated heterocycles. The number of hydrogen-bond donors (Lipinski definition) is 1. The number of aromatic nitrogens is 4. The van der Waals surface area contributed by atoms with Crippen molar-refractivity contribution in [3.8, 4) is 11.6 Å². The average Bonchev–Trinajstić information content (AvgIpc) is 3.37. The molecule has 3 heterocycles. The molecule has 8 heteroatoms. The SMILES string of the molecule is Cc1ccc(Nc2nc(CSc3nnc(-c4ccco4)n3C)cs2)cc1. The van der Waals surface area contributed by atoms with Crippen molar-refractivity contribution in [3.05, 3.63) is 59.3 Å². The molecule has 3 aromatic heterocycles. The van der Waals surface area contributed by atoms with Crippen LogP contribution in [0.2, 0.25) is 0 Å². The molecule has 0 atom stereocenters. The van der Waals surface area contributed by atoms with Gasteiger partial charge in [-0.1, -0.05) is 29.5 Å². The molecule has 1 aromatic carbocycles. The first-order valence-corrected chi connectivity index (χ1v) is 9.90. The van der Waals surface area contributed by atoms with Crippen LogP contribution >= 0.6 is 23.1 Å². The van der Waals surface area contributed by atoms with Gasteiger partial charge < -0.3 is 14.3 Å². The Morgan fingerprint density at radius 1 is 1.19 bits per heavy atom. The fourth-order valence-electron chi connectivity index (χ4n) is 2.39. The summed E-state index contributed by atoms with van der Waals surface area (Å²) in [6.07, 6.45) is 1.63. The van der Waals surface area contributed by atoms with E-state index in [4.69, 9.17) is 4.42 Å². The van der Waals surface area contributed by atoms with Gasteiger partial charge in [-0.15, -0.1) is 21.5 Å². The van der Waals surface area contributed by atoms with E-state index < -0.39 is 0 Å². The predicted molar refractivity (Wildman–Crippen MR) is 105 cm³/mol. The molecule has 0 aliphatic rings. The minimum atomic E-state index is 0.713. The van der Waals surface area contributed by atoms with Crippen molar-refractivity contribution < 1.29 is 4.42 Å². The Hall–Kier alpha value is -2.58. The van der Waals surface area contributed by atoms with Crippen LogP contribution in [0.1, 0.15) is 11.3 Å². The average molecular weight is 384 g/mol. The first-order chi connectivity index (χ1) is 12.7. The number of benzene rings is 1. The molecule has 0 radical (unpaired) electrons. The summed E-state index contributed by atoms with van der Waals surface area (Å²) in [5.74, 6) is 2.17. The molecular weight excluding hydrogens is 366 g/mol. The van der Waals surface area contributed by atoms with Crippen molar-refractivity contribution in [2.45, 2.75) is 17.8 Å². The van der Waals surface area contributed by atoms with Crippen molar-refractivity contribution >= 4 is 33.9 Å². The second-order valence-electron chi connectivity index (χ2n) is 5.77. The van der Waals surface area contributed by atoms with Gasteiger partial charge in [0.05, 0.1) is 12.0 Å². The Balaban J connectivity index is 1.40. The molecule has 0 saturated carbocycles.